The molecule has 3 heterocycles. The lowest BCUT2D eigenvalue weighted by atomic mass is 9.94. The number of nitrogens with two attached hydrogens (primary N) is 1. The summed E-state index contributed by atoms with van der Waals surface area (Å²) in [7, 11) is 1.69. The van der Waals surface area contributed by atoms with Gasteiger partial charge in [0.05, 0.1) is 23.8 Å². The van der Waals surface area contributed by atoms with Crippen LogP contribution in [0.15, 0.2) is 41.5 Å². The highest BCUT2D eigenvalue weighted by Crippen LogP contribution is 2.29. The topological polar surface area (TPSA) is 111 Å². The summed E-state index contributed by atoms with van der Waals surface area (Å²) >= 11 is 0. The number of anilines is 2. The minimum atomic E-state index is -0.232. The van der Waals surface area contributed by atoms with Gasteiger partial charge >= 0.3 is 0 Å². The first-order chi connectivity index (χ1) is 14.1. The van der Waals surface area contributed by atoms with Crippen molar-refractivity contribution < 1.29 is 4.74 Å². The van der Waals surface area contributed by atoms with Gasteiger partial charge in [0.15, 0.2) is 0 Å². The Morgan fingerprint density at radius 1 is 1.28 bits per heavy atom. The highest BCUT2D eigenvalue weighted by Gasteiger charge is 2.34. The molecule has 0 aliphatic carbocycles. The lowest BCUT2D eigenvalue weighted by Gasteiger charge is -2.33. The third-order valence-corrected chi connectivity index (χ3v) is 5.62. The summed E-state index contributed by atoms with van der Waals surface area (Å²) in [6, 6.07) is 9.35. The van der Waals surface area contributed by atoms with Crippen LogP contribution in [0.25, 0.3) is 0 Å². The number of hydrogen-bond acceptors (Lipinski definition) is 7. The van der Waals surface area contributed by atoms with Crippen LogP contribution in [0.5, 0.6) is 0 Å². The van der Waals surface area contributed by atoms with Gasteiger partial charge in [-0.15, -0.1) is 0 Å². The van der Waals surface area contributed by atoms with E-state index >= 15 is 0 Å². The minimum absolute atomic E-state index is 0.232. The molecular formula is C22H26N6O. The Morgan fingerprint density at radius 3 is 2.72 bits per heavy atom. The molecular weight excluding hydrogens is 364 g/mol. The second-order valence-electron chi connectivity index (χ2n) is 7.59. The van der Waals surface area contributed by atoms with E-state index in [9.17, 15) is 0 Å². The highest BCUT2D eigenvalue weighted by atomic mass is 16.5. The average Bonchev–Trinajstić information content (AvgIpc) is 3.09. The van der Waals surface area contributed by atoms with Crippen molar-refractivity contribution in [1.82, 2.24) is 4.98 Å². The number of fused-ring (bicyclic) bond motifs is 2. The van der Waals surface area contributed by atoms with Crippen molar-refractivity contribution in [2.75, 3.05) is 30.8 Å². The zero-order valence-electron chi connectivity index (χ0n) is 16.5. The monoisotopic (exact) mass is 390 g/mol. The largest absolute Gasteiger partial charge is 0.398 e. The van der Waals surface area contributed by atoms with E-state index in [0.29, 0.717) is 17.0 Å². The Kier molecular flexibility index (Phi) is 5.40. The van der Waals surface area contributed by atoms with Crippen LogP contribution in [0.2, 0.25) is 0 Å². The van der Waals surface area contributed by atoms with E-state index in [4.69, 9.17) is 21.3 Å². The number of rotatable bonds is 6. The molecule has 7 nitrogen and oxygen atoms in total. The van der Waals surface area contributed by atoms with Gasteiger partial charge in [-0.1, -0.05) is 6.07 Å². The Labute approximate surface area is 170 Å². The smallest absolute Gasteiger partial charge is 0.129 e. The maximum atomic E-state index is 8.77. The third-order valence-electron chi connectivity index (χ3n) is 5.62. The minimum Gasteiger partial charge on any atom is -0.398 e. The first-order valence-corrected chi connectivity index (χ1v) is 9.87. The summed E-state index contributed by atoms with van der Waals surface area (Å²) in [5.41, 5.74) is 9.39. The quantitative estimate of drug-likeness (QED) is 0.520. The number of ether oxygens (including phenoxy) is 1. The van der Waals surface area contributed by atoms with Crippen molar-refractivity contribution >= 4 is 29.6 Å². The molecule has 1 aromatic carbocycles. The summed E-state index contributed by atoms with van der Waals surface area (Å²) < 4.78 is 5.92. The zero-order valence-corrected chi connectivity index (χ0v) is 16.5. The van der Waals surface area contributed by atoms with Crippen molar-refractivity contribution in [2.24, 2.45) is 4.99 Å². The Hall–Kier alpha value is -3.06. The molecule has 4 rings (SSSR count). The van der Waals surface area contributed by atoms with Gasteiger partial charge in [-0.05, 0) is 42.7 Å². The van der Waals surface area contributed by atoms with E-state index < -0.39 is 0 Å². The number of nitrogens with one attached hydrogen (secondary N) is 2. The fraction of sp³-hybridized carbons (Fsp3) is 0.364. The molecule has 150 valence electrons. The maximum absolute atomic E-state index is 8.77. The van der Waals surface area contributed by atoms with E-state index in [2.05, 4.69) is 14.9 Å². The summed E-state index contributed by atoms with van der Waals surface area (Å²) in [4.78, 5) is 10.8. The molecule has 0 spiro atoms. The molecule has 2 aliphatic heterocycles. The van der Waals surface area contributed by atoms with Crippen LogP contribution in [0.4, 0.5) is 11.5 Å². The SMILES string of the molecule is CN=CC(C=N)c1ccc(N)c(C(=N)c2ccnc(N3CC4CCC(C3)O4)c2)c1. The van der Waals surface area contributed by atoms with E-state index in [0.717, 1.165) is 42.9 Å². The van der Waals surface area contributed by atoms with E-state index in [-0.39, 0.29) is 18.1 Å². The van der Waals surface area contributed by atoms with Gasteiger partial charge in [-0.2, -0.15) is 0 Å². The molecule has 0 amide bonds. The molecule has 0 saturated carbocycles. The first kappa shape index (κ1) is 19.3. The molecule has 7 heteroatoms. The molecule has 2 bridgehead atoms. The zero-order chi connectivity index (χ0) is 20.4. The molecule has 3 atom stereocenters. The number of benzene rings is 1. The molecule has 2 fully saturated rings. The van der Waals surface area contributed by atoms with Gasteiger partial charge in [-0.25, -0.2) is 4.98 Å². The van der Waals surface area contributed by atoms with Gasteiger partial charge < -0.3 is 20.8 Å². The van der Waals surface area contributed by atoms with E-state index in [1.54, 1.807) is 25.5 Å². The van der Waals surface area contributed by atoms with Crippen LogP contribution in [0.1, 0.15) is 35.4 Å². The van der Waals surface area contributed by atoms with Gasteiger partial charge in [0, 0.05) is 55.6 Å². The number of nitrogens with zero attached hydrogens (tertiary/aromatic N) is 3. The second-order valence-corrected chi connectivity index (χ2v) is 7.59. The molecule has 4 N–H and O–H groups in total. The van der Waals surface area contributed by atoms with Crippen molar-refractivity contribution in [2.45, 2.75) is 31.0 Å². The Morgan fingerprint density at radius 2 is 2.03 bits per heavy atom. The van der Waals surface area contributed by atoms with Crippen LogP contribution in [-0.4, -0.2) is 55.5 Å². The molecule has 2 aromatic rings. The van der Waals surface area contributed by atoms with E-state index in [1.807, 2.05) is 24.3 Å². The second kappa shape index (κ2) is 8.13. The van der Waals surface area contributed by atoms with Gasteiger partial charge in [-0.3, -0.25) is 10.4 Å². The molecule has 2 saturated heterocycles. The number of aliphatic imine (C=N–C) groups is 1. The van der Waals surface area contributed by atoms with Crippen molar-refractivity contribution in [3.8, 4) is 0 Å². The van der Waals surface area contributed by atoms with Crippen LogP contribution in [0.3, 0.4) is 0 Å². The van der Waals surface area contributed by atoms with Gasteiger partial charge in [0.2, 0.25) is 0 Å². The summed E-state index contributed by atoms with van der Waals surface area (Å²) in [6.07, 6.45) is 7.57. The van der Waals surface area contributed by atoms with Gasteiger partial charge in [0.1, 0.15) is 5.82 Å². The molecule has 29 heavy (non-hydrogen) atoms. The number of hydrogen-bond donors (Lipinski definition) is 3. The van der Waals surface area contributed by atoms with E-state index in [1.165, 1.54) is 6.21 Å². The van der Waals surface area contributed by atoms with Crippen LogP contribution in [-0.2, 0) is 4.74 Å². The predicted molar refractivity (Wildman–Crippen MR) is 117 cm³/mol. The molecule has 0 radical (unpaired) electrons. The Balaban J connectivity index is 1.62. The fourth-order valence-electron chi connectivity index (χ4n) is 4.09. The van der Waals surface area contributed by atoms with Crippen LogP contribution in [0, 0.1) is 10.8 Å². The summed E-state index contributed by atoms with van der Waals surface area (Å²) in [5.74, 6) is 0.640. The normalized spacial score (nSPS) is 22.0. The molecule has 1 aromatic heterocycles. The highest BCUT2D eigenvalue weighted by molar-refractivity contribution is 6.14. The van der Waals surface area contributed by atoms with Gasteiger partial charge in [0.25, 0.3) is 0 Å². The van der Waals surface area contributed by atoms with Crippen LogP contribution < -0.4 is 10.6 Å². The van der Waals surface area contributed by atoms with Crippen LogP contribution >= 0.6 is 0 Å². The average molecular weight is 390 g/mol. The lowest BCUT2D eigenvalue weighted by molar-refractivity contribution is 0.0302. The molecule has 3 unspecified atom stereocenters. The maximum Gasteiger partial charge on any atom is 0.129 e. The third kappa shape index (κ3) is 3.91. The van der Waals surface area contributed by atoms with Crippen molar-refractivity contribution in [1.29, 1.82) is 10.8 Å². The predicted octanol–water partition coefficient (Wildman–Crippen LogP) is 2.88. The van der Waals surface area contributed by atoms with Crippen molar-refractivity contribution in [3.05, 3.63) is 53.2 Å². The number of nitrogen functional groups attached to an aromatic ring is 1. The number of morpholine rings is 1. The fourth-order valence-corrected chi connectivity index (χ4v) is 4.09. The first-order valence-electron chi connectivity index (χ1n) is 9.87. The number of aromatic nitrogens is 1. The summed E-state index contributed by atoms with van der Waals surface area (Å²) in [6.45, 7) is 1.69. The standard InChI is InChI=1S/C22H26N6O/c1-26-11-16(10-23)14-2-5-20(24)19(8-14)22(25)15-6-7-27-21(9-15)28-12-17-3-4-18(13-28)29-17/h2,5-11,16-18,23,25H,3-4,12-13,24H2,1H3. The lowest BCUT2D eigenvalue weighted by Crippen LogP contribution is -2.43. The van der Waals surface area contributed by atoms with Crippen molar-refractivity contribution in [3.63, 3.8) is 0 Å². The molecule has 2 aliphatic rings. The Bertz CT molecular complexity index is 944. The summed E-state index contributed by atoms with van der Waals surface area (Å²) in [5, 5.41) is 16.4. The number of pyridine rings is 1.